The number of carbonyl (C=O) groups excluding carboxylic acids is 1. The van der Waals surface area contributed by atoms with Crippen LogP contribution >= 0.6 is 0 Å². The summed E-state index contributed by atoms with van der Waals surface area (Å²) in [5.74, 6) is 0.534. The third-order valence-electron chi connectivity index (χ3n) is 2.23. The molecule has 0 rings (SSSR count). The van der Waals surface area contributed by atoms with Crippen LogP contribution in [0.2, 0.25) is 0 Å². The van der Waals surface area contributed by atoms with E-state index in [0.717, 1.165) is 6.54 Å². The molecule has 0 bridgehead atoms. The maximum absolute atomic E-state index is 11.5. The summed E-state index contributed by atoms with van der Waals surface area (Å²) >= 11 is 0. The van der Waals surface area contributed by atoms with Gasteiger partial charge in [0, 0.05) is 6.54 Å². The van der Waals surface area contributed by atoms with Crippen LogP contribution in [0.5, 0.6) is 0 Å². The minimum atomic E-state index is -0.628. The second kappa shape index (κ2) is 7.59. The van der Waals surface area contributed by atoms with Crippen LogP contribution in [0.3, 0.4) is 0 Å². The van der Waals surface area contributed by atoms with Gasteiger partial charge in [-0.1, -0.05) is 13.8 Å². The van der Waals surface area contributed by atoms with Crippen molar-refractivity contribution in [2.24, 2.45) is 5.92 Å². The van der Waals surface area contributed by atoms with Crippen LogP contribution in [-0.2, 0) is 4.74 Å². The fraction of sp³-hybridized carbons (Fsp3) is 0.923. The van der Waals surface area contributed by atoms with E-state index in [1.807, 2.05) is 0 Å². The highest BCUT2D eigenvalue weighted by molar-refractivity contribution is 5.68. The summed E-state index contributed by atoms with van der Waals surface area (Å²) in [4.78, 5) is 11.5. The number of hydrogen-bond donors (Lipinski definition) is 3. The van der Waals surface area contributed by atoms with Crippen molar-refractivity contribution in [1.82, 2.24) is 10.6 Å². The molecule has 3 N–H and O–H groups in total. The first-order chi connectivity index (χ1) is 8.11. The van der Waals surface area contributed by atoms with E-state index in [2.05, 4.69) is 24.5 Å². The van der Waals surface area contributed by atoms with Crippen LogP contribution < -0.4 is 10.6 Å². The molecule has 0 aliphatic rings. The molecule has 0 aromatic heterocycles. The summed E-state index contributed by atoms with van der Waals surface area (Å²) < 4.78 is 5.12. The van der Waals surface area contributed by atoms with E-state index >= 15 is 0 Å². The third kappa shape index (κ3) is 9.24. The fourth-order valence-corrected chi connectivity index (χ4v) is 1.29. The highest BCUT2D eigenvalue weighted by Crippen LogP contribution is 2.07. The first-order valence-corrected chi connectivity index (χ1v) is 6.50. The zero-order valence-corrected chi connectivity index (χ0v) is 12.4. The van der Waals surface area contributed by atoms with Crippen LogP contribution in [0.4, 0.5) is 4.79 Å². The van der Waals surface area contributed by atoms with E-state index in [1.54, 1.807) is 27.7 Å². The zero-order chi connectivity index (χ0) is 14.3. The Bertz CT molecular complexity index is 249. The Morgan fingerprint density at radius 2 is 1.78 bits per heavy atom. The normalized spacial score (nSPS) is 15.3. The van der Waals surface area contributed by atoms with Crippen LogP contribution in [0.25, 0.3) is 0 Å². The van der Waals surface area contributed by atoms with Gasteiger partial charge in [-0.2, -0.15) is 0 Å². The van der Waals surface area contributed by atoms with E-state index in [1.165, 1.54) is 0 Å². The Kier molecular flexibility index (Phi) is 7.25. The smallest absolute Gasteiger partial charge is 0.407 e. The Balaban J connectivity index is 3.93. The van der Waals surface area contributed by atoms with Crippen molar-refractivity contribution in [1.29, 1.82) is 0 Å². The number of aliphatic hydroxyl groups excluding tert-OH is 1. The molecule has 0 saturated heterocycles. The number of hydrogen-bond acceptors (Lipinski definition) is 4. The van der Waals surface area contributed by atoms with Gasteiger partial charge in [0.1, 0.15) is 5.60 Å². The number of nitrogens with one attached hydrogen (secondary N) is 2. The van der Waals surface area contributed by atoms with E-state index in [4.69, 9.17) is 4.74 Å². The van der Waals surface area contributed by atoms with Gasteiger partial charge in [-0.3, -0.25) is 0 Å². The van der Waals surface area contributed by atoms with Gasteiger partial charge in [-0.15, -0.1) is 0 Å². The lowest BCUT2D eigenvalue weighted by Crippen LogP contribution is -2.47. The molecule has 0 aromatic carbocycles. The predicted molar refractivity (Wildman–Crippen MR) is 72.5 cm³/mol. The number of alkyl carbamates (subject to hydrolysis) is 1. The molecule has 0 fully saturated rings. The predicted octanol–water partition coefficient (Wildman–Crippen LogP) is 1.51. The molecule has 0 saturated carbocycles. The lowest BCUT2D eigenvalue weighted by atomic mass is 10.1. The van der Waals surface area contributed by atoms with Crippen molar-refractivity contribution in [2.45, 2.75) is 59.3 Å². The minimum Gasteiger partial charge on any atom is -0.444 e. The number of carbonyl (C=O) groups is 1. The Morgan fingerprint density at radius 3 is 2.22 bits per heavy atom. The zero-order valence-electron chi connectivity index (χ0n) is 12.4. The molecule has 0 aromatic rings. The molecular formula is C13H28N2O3. The molecular weight excluding hydrogens is 232 g/mol. The van der Waals surface area contributed by atoms with Crippen LogP contribution in [0.1, 0.15) is 41.5 Å². The standard InChI is InChI=1S/C13H28N2O3/c1-9(2)7-14-8-11(16)10(3)15-12(17)18-13(4,5)6/h9-11,14,16H,7-8H2,1-6H3,(H,15,17)/t10-,11+/m0/s1. The van der Waals surface area contributed by atoms with Crippen molar-refractivity contribution in [3.63, 3.8) is 0 Å². The van der Waals surface area contributed by atoms with Gasteiger partial charge in [-0.05, 0) is 40.2 Å². The number of ether oxygens (including phenoxy) is 1. The number of amides is 1. The highest BCUT2D eigenvalue weighted by atomic mass is 16.6. The van der Waals surface area contributed by atoms with E-state index in [9.17, 15) is 9.90 Å². The van der Waals surface area contributed by atoms with Gasteiger partial charge in [0.15, 0.2) is 0 Å². The summed E-state index contributed by atoms with van der Waals surface area (Å²) in [5.41, 5.74) is -0.523. The summed E-state index contributed by atoms with van der Waals surface area (Å²) in [6, 6.07) is -0.348. The minimum absolute atomic E-state index is 0.348. The molecule has 0 aliphatic carbocycles. The second-order valence-corrected chi connectivity index (χ2v) is 6.05. The molecule has 18 heavy (non-hydrogen) atoms. The SMILES string of the molecule is CC(C)CNC[C@@H](O)[C@H](C)NC(=O)OC(C)(C)C. The van der Waals surface area contributed by atoms with Crippen LogP contribution in [0, 0.1) is 5.92 Å². The van der Waals surface area contributed by atoms with E-state index in [0.29, 0.717) is 12.5 Å². The molecule has 0 aliphatic heterocycles. The monoisotopic (exact) mass is 260 g/mol. The summed E-state index contributed by atoms with van der Waals surface area (Å²) in [6.45, 7) is 12.7. The maximum atomic E-state index is 11.5. The number of aliphatic hydroxyl groups is 1. The largest absolute Gasteiger partial charge is 0.444 e. The van der Waals surface area contributed by atoms with Gasteiger partial charge in [0.2, 0.25) is 0 Å². The van der Waals surface area contributed by atoms with Crippen molar-refractivity contribution in [2.75, 3.05) is 13.1 Å². The lowest BCUT2D eigenvalue weighted by Gasteiger charge is -2.24. The van der Waals surface area contributed by atoms with Gasteiger partial charge >= 0.3 is 6.09 Å². The quantitative estimate of drug-likeness (QED) is 0.677. The van der Waals surface area contributed by atoms with Crippen molar-refractivity contribution in [3.05, 3.63) is 0 Å². The maximum Gasteiger partial charge on any atom is 0.407 e. The van der Waals surface area contributed by atoms with Gasteiger partial charge in [0.05, 0.1) is 12.1 Å². The van der Waals surface area contributed by atoms with Crippen molar-refractivity contribution < 1.29 is 14.6 Å². The molecule has 5 heteroatoms. The molecule has 108 valence electrons. The molecule has 0 radical (unpaired) electrons. The lowest BCUT2D eigenvalue weighted by molar-refractivity contribution is 0.0436. The van der Waals surface area contributed by atoms with Gasteiger partial charge < -0.3 is 20.5 Å². The molecule has 0 spiro atoms. The fourth-order valence-electron chi connectivity index (χ4n) is 1.29. The Hall–Kier alpha value is -0.810. The first-order valence-electron chi connectivity index (χ1n) is 6.50. The average molecular weight is 260 g/mol. The van der Waals surface area contributed by atoms with Gasteiger partial charge in [-0.25, -0.2) is 4.79 Å². The molecule has 0 unspecified atom stereocenters. The Labute approximate surface area is 110 Å². The van der Waals surface area contributed by atoms with Crippen LogP contribution in [0.15, 0.2) is 0 Å². The molecule has 5 nitrogen and oxygen atoms in total. The summed E-state index contributed by atoms with van der Waals surface area (Å²) in [5, 5.41) is 15.6. The average Bonchev–Trinajstić information content (AvgIpc) is 2.13. The van der Waals surface area contributed by atoms with E-state index in [-0.39, 0.29) is 6.04 Å². The van der Waals surface area contributed by atoms with Crippen molar-refractivity contribution >= 4 is 6.09 Å². The first kappa shape index (κ1) is 17.2. The summed E-state index contributed by atoms with van der Waals surface area (Å²) in [6.07, 6.45) is -1.13. The molecule has 1 amide bonds. The van der Waals surface area contributed by atoms with E-state index < -0.39 is 17.8 Å². The van der Waals surface area contributed by atoms with Crippen LogP contribution in [-0.4, -0.2) is 42.0 Å². The number of rotatable bonds is 6. The van der Waals surface area contributed by atoms with Gasteiger partial charge in [0.25, 0.3) is 0 Å². The third-order valence-corrected chi connectivity index (χ3v) is 2.23. The molecule has 0 heterocycles. The Morgan fingerprint density at radius 1 is 1.22 bits per heavy atom. The second-order valence-electron chi connectivity index (χ2n) is 6.05. The van der Waals surface area contributed by atoms with Crippen molar-refractivity contribution in [3.8, 4) is 0 Å². The highest BCUT2D eigenvalue weighted by Gasteiger charge is 2.21. The topological polar surface area (TPSA) is 70.6 Å². The summed E-state index contributed by atoms with van der Waals surface area (Å²) in [7, 11) is 0. The molecule has 2 atom stereocenters.